The predicted molar refractivity (Wildman–Crippen MR) is 358 cm³/mol. The number of nitrogens with one attached hydrogen (secondary N) is 14. The third-order valence-electron chi connectivity index (χ3n) is 15.4. The first-order chi connectivity index (χ1) is 46.6. The molecule has 0 aliphatic carbocycles. The summed E-state index contributed by atoms with van der Waals surface area (Å²) in [5.74, 6) is -21.3. The summed E-state index contributed by atoms with van der Waals surface area (Å²) in [4.78, 5) is 246. The van der Waals surface area contributed by atoms with Crippen molar-refractivity contribution < 1.29 is 91.4 Å². The van der Waals surface area contributed by atoms with E-state index in [1.54, 1.807) is 27.7 Å². The lowest BCUT2D eigenvalue weighted by Gasteiger charge is -2.29. The number of rotatable bonds is 23. The van der Waals surface area contributed by atoms with Crippen molar-refractivity contribution in [3.8, 4) is 0 Å². The second-order valence-electron chi connectivity index (χ2n) is 24.3. The summed E-state index contributed by atoms with van der Waals surface area (Å²) >= 11 is 0. The van der Waals surface area contributed by atoms with Gasteiger partial charge in [-0.15, -0.1) is 0 Å². The number of unbranched alkanes of at least 4 members (excludes halogenated alkanes) is 2. The third kappa shape index (κ3) is 33.0. The highest BCUT2D eigenvalue weighted by molar-refractivity contribution is 8.76. The molecule has 38 nitrogen and oxygen atoms in total. The van der Waals surface area contributed by atoms with Gasteiger partial charge < -0.3 is 108 Å². The fourth-order valence-electron chi connectivity index (χ4n) is 9.61. The zero-order valence-electron chi connectivity index (χ0n) is 56.4. The second-order valence-corrected chi connectivity index (χ2v) is 26.9. The number of hydrogen-bond donors (Lipinski definition) is 20. The predicted octanol–water partition coefficient (Wildman–Crippen LogP) is -7.89. The fraction of sp³-hybridized carbons (Fsp3) is 0.695. The minimum absolute atomic E-state index is 0.0273. The highest BCUT2D eigenvalue weighted by atomic mass is 33.1. The normalized spacial score (nSPS) is 26.2. The van der Waals surface area contributed by atoms with E-state index in [2.05, 4.69) is 74.4 Å². The first-order valence-electron chi connectivity index (χ1n) is 32.5. The van der Waals surface area contributed by atoms with Crippen molar-refractivity contribution in [2.24, 2.45) is 40.5 Å². The van der Waals surface area contributed by atoms with Gasteiger partial charge in [0, 0.05) is 30.8 Å². The molecule has 2 aliphatic heterocycles. The lowest BCUT2D eigenvalue weighted by Crippen LogP contribution is -2.61. The first-order valence-corrected chi connectivity index (χ1v) is 35.0. The molecule has 2 rings (SSSR count). The lowest BCUT2D eigenvalue weighted by molar-refractivity contribution is -0.138. The molecule has 17 amide bonds. The maximum absolute atomic E-state index is 14.7. The monoisotopic (exact) mass is 1440 g/mol. The van der Waals surface area contributed by atoms with Crippen LogP contribution in [-0.4, -0.2) is 222 Å². The van der Waals surface area contributed by atoms with Crippen LogP contribution in [0.3, 0.4) is 0 Å². The number of hydrogen-bond acceptors (Lipinski definition) is 22. The third-order valence-corrected chi connectivity index (χ3v) is 17.9. The van der Waals surface area contributed by atoms with E-state index in [0.29, 0.717) is 12.8 Å². The molecule has 2 bridgehead atoms. The largest absolute Gasteiger partial charge is 0.481 e. The Morgan fingerprint density at radius 3 is 1.22 bits per heavy atom. The van der Waals surface area contributed by atoms with Gasteiger partial charge in [0.05, 0.1) is 19.5 Å². The average Bonchev–Trinajstić information content (AvgIpc) is 0.987. The van der Waals surface area contributed by atoms with Crippen molar-refractivity contribution in [2.75, 3.05) is 37.7 Å². The van der Waals surface area contributed by atoms with Crippen LogP contribution in [0.4, 0.5) is 0 Å². The molecule has 0 spiro atoms. The van der Waals surface area contributed by atoms with Crippen molar-refractivity contribution in [1.82, 2.24) is 74.4 Å². The van der Waals surface area contributed by atoms with Gasteiger partial charge >= 0.3 is 5.97 Å². The number of carboxylic acid groups (broad SMARTS) is 1. The maximum Gasteiger partial charge on any atom is 0.303 e. The van der Waals surface area contributed by atoms with E-state index in [1.807, 2.05) is 0 Å². The summed E-state index contributed by atoms with van der Waals surface area (Å²) < 4.78 is 0. The summed E-state index contributed by atoms with van der Waals surface area (Å²) in [5, 5.41) is 43.8. The Morgan fingerprint density at radius 2 is 0.788 bits per heavy atom. The Kier molecular flexibility index (Phi) is 39.1. The van der Waals surface area contributed by atoms with E-state index in [-0.39, 0.29) is 51.6 Å². The number of fused-ring (bicyclic) bond motifs is 5. The number of amides is 17. The molecule has 13 atom stereocenters. The van der Waals surface area contributed by atoms with E-state index in [0.717, 1.165) is 21.6 Å². The van der Waals surface area contributed by atoms with Gasteiger partial charge in [0.2, 0.25) is 100 Å². The molecule has 556 valence electrons. The van der Waals surface area contributed by atoms with Crippen molar-refractivity contribution in [1.29, 1.82) is 0 Å². The molecular formula is C59H99N19O19S2. The maximum atomic E-state index is 14.7. The number of primary amides is 3. The van der Waals surface area contributed by atoms with E-state index in [4.69, 9.17) is 28.7 Å². The van der Waals surface area contributed by atoms with E-state index >= 15 is 0 Å². The molecule has 0 aromatic rings. The van der Waals surface area contributed by atoms with Crippen LogP contribution in [-0.2, 0) is 86.3 Å². The quantitative estimate of drug-likeness (QED) is 0.0334. The van der Waals surface area contributed by atoms with Crippen molar-refractivity contribution in [3.63, 3.8) is 0 Å². The summed E-state index contributed by atoms with van der Waals surface area (Å²) in [6.45, 7) is 7.59. The molecule has 0 radical (unpaired) electrons. The molecule has 0 unspecified atom stereocenters. The molecule has 0 aromatic heterocycles. The molecule has 2 aliphatic rings. The molecule has 2 saturated heterocycles. The van der Waals surface area contributed by atoms with Gasteiger partial charge in [0.25, 0.3) is 0 Å². The summed E-state index contributed by atoms with van der Waals surface area (Å²) in [5.41, 5.74) is 27.8. The standard InChI is InChI=1S/C59H99N19O19S2/c1-7-29(4)47-59(97)73-35(15-18-42(63)80)53(91)68-30(5)48(86)74-37(22-28(2)3)56(94)77-40-27-99-98-26-39(57(95)71-32(12-8-10-20-60)50(88)65-24-44(82)69-33(55(93)78-47)13-9-11-21-61)76-49(87)31(6)67-52(90)34(14-17-41(62)79)70-45(83)25-66-51(89)38(23-43(64)81)75-54(92)36(72-58(40)96)16-19-46(84)85/h28-40,47H,7-27,60-61H2,1-6H3,(H2,62,79)(H2,63,80)(H2,64,81)(H,65,88)(H,66,89)(H,67,90)(H,68,91)(H,69,82)(H,70,83)(H,71,95)(H,72,96)(H,73,97)(H,74,86)(H,75,92)(H,76,87)(H,77,94)(H,78,93)(H,84,85)/t29-,30-,31-,32-,33-,34-,35-,36-,37-,38-,39-,40-,47-/m0/s1. The Bertz CT molecular complexity index is 2890. The summed E-state index contributed by atoms with van der Waals surface area (Å²) in [6.07, 6.45) is -3.15. The summed E-state index contributed by atoms with van der Waals surface area (Å²) in [6, 6.07) is -19.4. The second kappa shape index (κ2) is 44.9. The van der Waals surface area contributed by atoms with Crippen LogP contribution >= 0.6 is 21.6 Å². The van der Waals surface area contributed by atoms with Crippen molar-refractivity contribution in [2.45, 2.75) is 210 Å². The summed E-state index contributed by atoms with van der Waals surface area (Å²) in [7, 11) is 1.53. The van der Waals surface area contributed by atoms with Gasteiger partial charge in [-0.3, -0.25) is 86.3 Å². The van der Waals surface area contributed by atoms with Gasteiger partial charge in [0.15, 0.2) is 0 Å². The van der Waals surface area contributed by atoms with Crippen molar-refractivity contribution >= 4 is 128 Å². The molecule has 25 N–H and O–H groups in total. The minimum Gasteiger partial charge on any atom is -0.481 e. The highest BCUT2D eigenvalue weighted by Gasteiger charge is 2.38. The van der Waals surface area contributed by atoms with Gasteiger partial charge in [-0.25, -0.2) is 0 Å². The smallest absolute Gasteiger partial charge is 0.303 e. The molecule has 0 saturated carbocycles. The zero-order valence-corrected chi connectivity index (χ0v) is 58.1. The Labute approximate surface area is 580 Å². The first kappa shape index (κ1) is 86.2. The average molecular weight is 1440 g/mol. The number of carbonyl (C=O) groups excluding carboxylic acids is 17. The SMILES string of the molecule is CC[C@H](C)[C@@H]1NC(=O)[C@H](CCCCN)NC(=O)CNC(=O)[C@H](CCCCN)NC(=O)[C@@H]2CSSC[C@H](NC(=O)[C@H](CC(C)C)NC(=O)[C@H](C)NC(=O)[C@H](CCC(N)=O)NC1=O)C(=O)N[C@@H](CCC(=O)O)C(=O)N[C@@H](CC(N)=O)C(=O)NCC(=O)N[C@@H](CCC(N)=O)C(=O)N[C@@H](C)C(=O)N2. The van der Waals surface area contributed by atoms with Gasteiger partial charge in [-0.2, -0.15) is 0 Å². The van der Waals surface area contributed by atoms with Crippen LogP contribution in [0.25, 0.3) is 0 Å². The van der Waals surface area contributed by atoms with Crippen LogP contribution < -0.4 is 103 Å². The molecule has 2 fully saturated rings. The molecule has 40 heteroatoms. The number of carbonyl (C=O) groups is 18. The van der Waals surface area contributed by atoms with Crippen LogP contribution in [0.15, 0.2) is 0 Å². The van der Waals surface area contributed by atoms with E-state index < -0.39 is 260 Å². The van der Waals surface area contributed by atoms with Gasteiger partial charge in [-0.05, 0) is 103 Å². The van der Waals surface area contributed by atoms with Crippen LogP contribution in [0.2, 0.25) is 0 Å². The van der Waals surface area contributed by atoms with Crippen LogP contribution in [0, 0.1) is 11.8 Å². The number of nitrogens with two attached hydrogens (primary N) is 5. The number of aliphatic carboxylic acids is 1. The van der Waals surface area contributed by atoms with E-state index in [9.17, 15) is 91.4 Å². The Balaban J connectivity index is 3.05. The topological polar surface area (TPSA) is 626 Å². The number of carboxylic acids is 1. The van der Waals surface area contributed by atoms with Crippen molar-refractivity contribution in [3.05, 3.63) is 0 Å². The molecule has 2 heterocycles. The van der Waals surface area contributed by atoms with E-state index in [1.165, 1.54) is 13.8 Å². The molecular weight excluding hydrogens is 1340 g/mol. The van der Waals surface area contributed by atoms with Gasteiger partial charge in [-0.1, -0.05) is 55.7 Å². The zero-order chi connectivity index (χ0) is 74.6. The minimum atomic E-state index is -1.92. The lowest BCUT2D eigenvalue weighted by atomic mass is 9.96. The molecule has 99 heavy (non-hydrogen) atoms. The fourth-order valence-corrected chi connectivity index (χ4v) is 11.9. The highest BCUT2D eigenvalue weighted by Crippen LogP contribution is 2.24. The Morgan fingerprint density at radius 1 is 0.424 bits per heavy atom. The van der Waals surface area contributed by atoms with Crippen LogP contribution in [0.1, 0.15) is 138 Å². The van der Waals surface area contributed by atoms with Gasteiger partial charge in [0.1, 0.15) is 72.5 Å². The Hall–Kier alpha value is -8.92. The van der Waals surface area contributed by atoms with Crippen LogP contribution in [0.5, 0.6) is 0 Å². The molecule has 0 aromatic carbocycles.